The number of hydrogen-bond donors (Lipinski definition) is 1. The number of pyridine rings is 1. The second-order valence-electron chi connectivity index (χ2n) is 6.37. The maximum absolute atomic E-state index is 9.85. The number of aliphatic hydroxyl groups is 1. The van der Waals surface area contributed by atoms with Gasteiger partial charge < -0.3 is 14.6 Å². The molecule has 0 aliphatic rings. The molecule has 4 heteroatoms. The normalized spacial score (nSPS) is 12.4. The molecule has 0 aromatic carbocycles. The smallest absolute Gasteiger partial charge is 0.0887 e. The molecule has 0 spiro atoms. The number of ether oxygens (including phenoxy) is 2. The molecule has 1 unspecified atom stereocenters. The fraction of sp³-hybridized carbons (Fsp3) is 0.750. The summed E-state index contributed by atoms with van der Waals surface area (Å²) < 4.78 is 11.0. The Morgan fingerprint density at radius 2 is 1.71 bits per heavy atom. The molecule has 0 saturated heterocycles. The number of unbranched alkanes of at least 4 members (excludes halogenated alkanes) is 7. The Morgan fingerprint density at radius 3 is 2.42 bits per heavy atom. The van der Waals surface area contributed by atoms with Crippen LogP contribution in [0, 0.1) is 0 Å². The largest absolute Gasteiger partial charge is 0.391 e. The van der Waals surface area contributed by atoms with E-state index in [1.54, 1.807) is 6.20 Å². The van der Waals surface area contributed by atoms with Gasteiger partial charge in [-0.15, -0.1) is 0 Å². The molecule has 0 radical (unpaired) electrons. The van der Waals surface area contributed by atoms with Crippen LogP contribution in [0.2, 0.25) is 0 Å². The zero-order valence-electron chi connectivity index (χ0n) is 15.3. The van der Waals surface area contributed by atoms with E-state index < -0.39 is 6.10 Å². The monoisotopic (exact) mass is 337 g/mol. The Balaban J connectivity index is 1.82. The molecule has 0 fully saturated rings. The molecule has 0 amide bonds. The summed E-state index contributed by atoms with van der Waals surface area (Å²) >= 11 is 0. The van der Waals surface area contributed by atoms with Crippen LogP contribution in [-0.2, 0) is 16.1 Å². The van der Waals surface area contributed by atoms with Gasteiger partial charge in [-0.1, -0.05) is 57.9 Å². The standard InChI is InChI=1S/C20H35NO3/c1-2-3-4-5-6-7-8-11-15-23-18-20(22)13-16-24-17-19-12-9-10-14-21-19/h9-10,12,14,20,22H,2-8,11,13,15-18H2,1H3. The summed E-state index contributed by atoms with van der Waals surface area (Å²) in [5.74, 6) is 0. The van der Waals surface area contributed by atoms with Gasteiger partial charge in [-0.05, 0) is 25.0 Å². The lowest BCUT2D eigenvalue weighted by molar-refractivity contribution is 0.00972. The molecule has 1 rings (SSSR count). The number of aromatic nitrogens is 1. The molecular weight excluding hydrogens is 302 g/mol. The number of aliphatic hydroxyl groups excluding tert-OH is 1. The van der Waals surface area contributed by atoms with Crippen LogP contribution < -0.4 is 0 Å². The van der Waals surface area contributed by atoms with Crippen LogP contribution >= 0.6 is 0 Å². The van der Waals surface area contributed by atoms with Gasteiger partial charge >= 0.3 is 0 Å². The van der Waals surface area contributed by atoms with Crippen molar-refractivity contribution < 1.29 is 14.6 Å². The fourth-order valence-electron chi connectivity index (χ4n) is 2.52. The second-order valence-corrected chi connectivity index (χ2v) is 6.37. The van der Waals surface area contributed by atoms with Crippen molar-refractivity contribution in [1.82, 2.24) is 4.98 Å². The summed E-state index contributed by atoms with van der Waals surface area (Å²) in [5.41, 5.74) is 0.915. The number of nitrogens with zero attached hydrogens (tertiary/aromatic N) is 1. The van der Waals surface area contributed by atoms with Crippen molar-refractivity contribution in [3.8, 4) is 0 Å². The molecule has 0 aliphatic heterocycles. The first kappa shape index (κ1) is 21.1. The van der Waals surface area contributed by atoms with Crippen LogP contribution in [0.15, 0.2) is 24.4 Å². The highest BCUT2D eigenvalue weighted by atomic mass is 16.5. The first-order valence-electron chi connectivity index (χ1n) is 9.56. The van der Waals surface area contributed by atoms with Crippen LogP contribution in [0.1, 0.15) is 70.4 Å². The van der Waals surface area contributed by atoms with Crippen molar-refractivity contribution in [2.45, 2.75) is 77.4 Å². The van der Waals surface area contributed by atoms with Crippen molar-refractivity contribution >= 4 is 0 Å². The van der Waals surface area contributed by atoms with Crippen LogP contribution in [0.5, 0.6) is 0 Å². The molecule has 1 atom stereocenters. The molecule has 0 aliphatic carbocycles. The van der Waals surface area contributed by atoms with Gasteiger partial charge in [0.05, 0.1) is 25.0 Å². The third kappa shape index (κ3) is 12.5. The first-order chi connectivity index (χ1) is 11.8. The quantitative estimate of drug-likeness (QED) is 0.451. The Kier molecular flexibility index (Phi) is 13.7. The predicted molar refractivity (Wildman–Crippen MR) is 97.9 cm³/mol. The fourth-order valence-corrected chi connectivity index (χ4v) is 2.52. The Labute approximate surface area is 147 Å². The lowest BCUT2D eigenvalue weighted by atomic mass is 10.1. The lowest BCUT2D eigenvalue weighted by Crippen LogP contribution is -2.18. The van der Waals surface area contributed by atoms with Crippen LogP contribution in [-0.4, -0.2) is 36.0 Å². The zero-order valence-corrected chi connectivity index (χ0v) is 15.3. The average molecular weight is 338 g/mol. The Hall–Kier alpha value is -0.970. The van der Waals surface area contributed by atoms with Crippen molar-refractivity contribution in [2.75, 3.05) is 19.8 Å². The van der Waals surface area contributed by atoms with Gasteiger partial charge in [0.15, 0.2) is 0 Å². The number of hydrogen-bond acceptors (Lipinski definition) is 4. The van der Waals surface area contributed by atoms with Crippen LogP contribution in [0.4, 0.5) is 0 Å². The van der Waals surface area contributed by atoms with E-state index in [1.165, 1.54) is 44.9 Å². The van der Waals surface area contributed by atoms with Crippen molar-refractivity contribution in [1.29, 1.82) is 0 Å². The van der Waals surface area contributed by atoms with Crippen molar-refractivity contribution in [3.05, 3.63) is 30.1 Å². The van der Waals surface area contributed by atoms with Crippen molar-refractivity contribution in [3.63, 3.8) is 0 Å². The van der Waals surface area contributed by atoms with Gasteiger partial charge in [0.25, 0.3) is 0 Å². The van der Waals surface area contributed by atoms with Gasteiger partial charge in [-0.25, -0.2) is 0 Å². The summed E-state index contributed by atoms with van der Waals surface area (Å²) in [7, 11) is 0. The summed E-state index contributed by atoms with van der Waals surface area (Å²) in [6.45, 7) is 4.42. The van der Waals surface area contributed by atoms with E-state index >= 15 is 0 Å². The van der Waals surface area contributed by atoms with E-state index in [2.05, 4.69) is 11.9 Å². The zero-order chi connectivity index (χ0) is 17.3. The Morgan fingerprint density at radius 1 is 0.958 bits per heavy atom. The molecule has 138 valence electrons. The Bertz CT molecular complexity index is 372. The van der Waals surface area contributed by atoms with E-state index in [-0.39, 0.29) is 0 Å². The highest BCUT2D eigenvalue weighted by molar-refractivity contribution is 5.01. The molecule has 1 aromatic rings. The summed E-state index contributed by atoms with van der Waals surface area (Å²) in [5, 5.41) is 9.85. The minimum Gasteiger partial charge on any atom is -0.391 e. The SMILES string of the molecule is CCCCCCCCCCOCC(O)CCOCc1ccccn1. The van der Waals surface area contributed by atoms with Crippen LogP contribution in [0.3, 0.4) is 0 Å². The topological polar surface area (TPSA) is 51.6 Å². The minimum absolute atomic E-state index is 0.406. The second kappa shape index (κ2) is 15.6. The highest BCUT2D eigenvalue weighted by Gasteiger charge is 2.04. The molecule has 1 N–H and O–H groups in total. The molecule has 0 bridgehead atoms. The van der Waals surface area contributed by atoms with Gasteiger partial charge in [0.1, 0.15) is 0 Å². The maximum Gasteiger partial charge on any atom is 0.0887 e. The molecule has 24 heavy (non-hydrogen) atoms. The third-order valence-electron chi connectivity index (χ3n) is 4.02. The predicted octanol–water partition coefficient (Wildman–Crippen LogP) is 4.51. The van der Waals surface area contributed by atoms with E-state index in [9.17, 15) is 5.11 Å². The maximum atomic E-state index is 9.85. The minimum atomic E-state index is -0.442. The van der Waals surface area contributed by atoms with E-state index in [4.69, 9.17) is 9.47 Å². The molecular formula is C20H35NO3. The van der Waals surface area contributed by atoms with E-state index in [0.717, 1.165) is 18.7 Å². The number of rotatable bonds is 16. The summed E-state index contributed by atoms with van der Waals surface area (Å²) in [6.07, 6.45) is 12.3. The van der Waals surface area contributed by atoms with Gasteiger partial charge in [-0.2, -0.15) is 0 Å². The highest BCUT2D eigenvalue weighted by Crippen LogP contribution is 2.08. The third-order valence-corrected chi connectivity index (χ3v) is 4.02. The van der Waals surface area contributed by atoms with Gasteiger partial charge in [-0.3, -0.25) is 4.98 Å². The summed E-state index contributed by atoms with van der Waals surface area (Å²) in [4.78, 5) is 4.19. The molecule has 1 heterocycles. The van der Waals surface area contributed by atoms with Crippen LogP contribution in [0.25, 0.3) is 0 Å². The molecule has 4 nitrogen and oxygen atoms in total. The van der Waals surface area contributed by atoms with Crippen molar-refractivity contribution in [2.24, 2.45) is 0 Å². The lowest BCUT2D eigenvalue weighted by Gasteiger charge is -2.11. The van der Waals surface area contributed by atoms with Gasteiger partial charge in [0, 0.05) is 19.4 Å². The molecule has 0 saturated carbocycles. The van der Waals surface area contributed by atoms with E-state index in [1.807, 2.05) is 18.2 Å². The molecule has 1 aromatic heterocycles. The first-order valence-corrected chi connectivity index (χ1v) is 9.56. The summed E-state index contributed by atoms with van der Waals surface area (Å²) in [6, 6.07) is 5.76. The van der Waals surface area contributed by atoms with Gasteiger partial charge in [0.2, 0.25) is 0 Å². The van der Waals surface area contributed by atoms with E-state index in [0.29, 0.717) is 26.2 Å². The average Bonchev–Trinajstić information content (AvgIpc) is 2.61.